The minimum Gasteiger partial charge on any atom is -0.378 e. The Morgan fingerprint density at radius 1 is 1.25 bits per heavy atom. The molecular weight excluding hydrogens is 200 g/mol. The second-order valence-corrected chi connectivity index (χ2v) is 5.57. The largest absolute Gasteiger partial charge is 0.378 e. The average Bonchev–Trinajstić information content (AvgIpc) is 3.04. The zero-order chi connectivity index (χ0) is 10.8. The molecule has 2 atom stereocenters. The number of nitrogens with one attached hydrogen (secondary N) is 1. The van der Waals surface area contributed by atoms with Crippen LogP contribution in [0.4, 0.5) is 0 Å². The van der Waals surface area contributed by atoms with Gasteiger partial charge in [0.25, 0.3) is 0 Å². The molecule has 0 aromatic carbocycles. The van der Waals surface area contributed by atoms with Gasteiger partial charge >= 0.3 is 0 Å². The molecule has 0 bridgehead atoms. The molecule has 2 heterocycles. The Balaban J connectivity index is 1.47. The number of piperazine rings is 1. The Kier molecular flexibility index (Phi) is 3.46. The molecule has 92 valence electrons. The first-order chi connectivity index (χ1) is 7.93. The predicted octanol–water partition coefficient (Wildman–Crippen LogP) is 1.24. The molecule has 2 saturated heterocycles. The summed E-state index contributed by atoms with van der Waals surface area (Å²) in [6, 6.07) is 0.829. The highest BCUT2D eigenvalue weighted by Gasteiger charge is 2.36. The highest BCUT2D eigenvalue weighted by molar-refractivity contribution is 4.92. The van der Waals surface area contributed by atoms with Crippen LogP contribution < -0.4 is 5.32 Å². The number of nitrogens with zero attached hydrogens (tertiary/aromatic N) is 1. The summed E-state index contributed by atoms with van der Waals surface area (Å²) in [6.45, 7) is 5.89. The molecule has 0 amide bonds. The van der Waals surface area contributed by atoms with Gasteiger partial charge in [0.2, 0.25) is 0 Å². The molecule has 1 saturated carbocycles. The Morgan fingerprint density at radius 2 is 2.19 bits per heavy atom. The minimum absolute atomic E-state index is 0.565. The van der Waals surface area contributed by atoms with E-state index >= 15 is 0 Å². The van der Waals surface area contributed by atoms with Crippen molar-refractivity contribution in [3.05, 3.63) is 0 Å². The van der Waals surface area contributed by atoms with E-state index in [1.165, 1.54) is 58.3 Å². The van der Waals surface area contributed by atoms with Gasteiger partial charge in [-0.3, -0.25) is 4.90 Å². The molecule has 0 spiro atoms. The van der Waals surface area contributed by atoms with E-state index in [4.69, 9.17) is 4.74 Å². The van der Waals surface area contributed by atoms with Crippen molar-refractivity contribution in [3.63, 3.8) is 0 Å². The van der Waals surface area contributed by atoms with Crippen LogP contribution in [0.1, 0.15) is 32.1 Å². The highest BCUT2D eigenvalue weighted by Crippen LogP contribution is 2.36. The maximum Gasteiger partial charge on any atom is 0.0588 e. The second kappa shape index (κ2) is 5.03. The fourth-order valence-corrected chi connectivity index (χ4v) is 3.17. The standard InChI is InChI=1S/C13H24N2O/c1-2-12(16-9-1)5-7-15-8-6-14-10-13(15)11-3-4-11/h11-14H,1-10H2. The number of rotatable bonds is 4. The molecule has 1 N–H and O–H groups in total. The highest BCUT2D eigenvalue weighted by atomic mass is 16.5. The van der Waals surface area contributed by atoms with Crippen molar-refractivity contribution in [2.75, 3.05) is 32.8 Å². The van der Waals surface area contributed by atoms with E-state index in [2.05, 4.69) is 10.2 Å². The van der Waals surface area contributed by atoms with Gasteiger partial charge in [-0.2, -0.15) is 0 Å². The van der Waals surface area contributed by atoms with Gasteiger partial charge in [-0.1, -0.05) is 0 Å². The molecular formula is C13H24N2O. The normalized spacial score (nSPS) is 36.8. The van der Waals surface area contributed by atoms with Crippen LogP contribution >= 0.6 is 0 Å². The van der Waals surface area contributed by atoms with Crippen LogP contribution in [0.3, 0.4) is 0 Å². The van der Waals surface area contributed by atoms with Gasteiger partial charge in [0.05, 0.1) is 6.10 Å². The van der Waals surface area contributed by atoms with Crippen LogP contribution in [-0.2, 0) is 4.74 Å². The summed E-state index contributed by atoms with van der Waals surface area (Å²) in [5.74, 6) is 0.997. The Morgan fingerprint density at radius 3 is 2.94 bits per heavy atom. The zero-order valence-electron chi connectivity index (χ0n) is 10.2. The van der Waals surface area contributed by atoms with Gasteiger partial charge < -0.3 is 10.1 Å². The number of ether oxygens (including phenoxy) is 1. The molecule has 2 aliphatic heterocycles. The smallest absolute Gasteiger partial charge is 0.0588 e. The molecule has 0 aromatic rings. The number of hydrogen-bond donors (Lipinski definition) is 1. The summed E-state index contributed by atoms with van der Waals surface area (Å²) in [4.78, 5) is 2.72. The van der Waals surface area contributed by atoms with Crippen LogP contribution in [0.15, 0.2) is 0 Å². The summed E-state index contributed by atoms with van der Waals surface area (Å²) in [7, 11) is 0. The van der Waals surface area contributed by atoms with E-state index in [-0.39, 0.29) is 0 Å². The van der Waals surface area contributed by atoms with E-state index in [1.807, 2.05) is 0 Å². The van der Waals surface area contributed by atoms with E-state index < -0.39 is 0 Å². The summed E-state index contributed by atoms with van der Waals surface area (Å²) in [6.07, 6.45) is 7.31. The van der Waals surface area contributed by atoms with Gasteiger partial charge in [-0.25, -0.2) is 0 Å². The van der Waals surface area contributed by atoms with Crippen molar-refractivity contribution in [2.24, 2.45) is 5.92 Å². The first-order valence-electron chi connectivity index (χ1n) is 7.00. The fourth-order valence-electron chi connectivity index (χ4n) is 3.17. The third-order valence-corrected chi connectivity index (χ3v) is 4.33. The van der Waals surface area contributed by atoms with E-state index in [0.717, 1.165) is 18.6 Å². The minimum atomic E-state index is 0.565. The summed E-state index contributed by atoms with van der Waals surface area (Å²) in [5.41, 5.74) is 0. The van der Waals surface area contributed by atoms with Crippen molar-refractivity contribution < 1.29 is 4.74 Å². The molecule has 0 radical (unpaired) electrons. The van der Waals surface area contributed by atoms with Crippen LogP contribution in [0.5, 0.6) is 0 Å². The zero-order valence-corrected chi connectivity index (χ0v) is 10.2. The Labute approximate surface area is 98.5 Å². The lowest BCUT2D eigenvalue weighted by Gasteiger charge is -2.37. The third-order valence-electron chi connectivity index (χ3n) is 4.33. The van der Waals surface area contributed by atoms with Gasteiger partial charge in [-0.05, 0) is 38.0 Å². The Hall–Kier alpha value is -0.120. The van der Waals surface area contributed by atoms with Gasteiger partial charge in [-0.15, -0.1) is 0 Å². The van der Waals surface area contributed by atoms with Crippen LogP contribution in [0.2, 0.25) is 0 Å². The molecule has 16 heavy (non-hydrogen) atoms. The average molecular weight is 224 g/mol. The predicted molar refractivity (Wildman–Crippen MR) is 64.5 cm³/mol. The maximum atomic E-state index is 5.71. The summed E-state index contributed by atoms with van der Waals surface area (Å²) >= 11 is 0. The van der Waals surface area contributed by atoms with Crippen LogP contribution in [-0.4, -0.2) is 49.8 Å². The lowest BCUT2D eigenvalue weighted by Crippen LogP contribution is -2.52. The van der Waals surface area contributed by atoms with Crippen molar-refractivity contribution in [1.82, 2.24) is 10.2 Å². The topological polar surface area (TPSA) is 24.5 Å². The molecule has 3 aliphatic rings. The lowest BCUT2D eigenvalue weighted by atomic mass is 10.1. The van der Waals surface area contributed by atoms with Crippen LogP contribution in [0.25, 0.3) is 0 Å². The summed E-state index contributed by atoms with van der Waals surface area (Å²) < 4.78 is 5.71. The van der Waals surface area contributed by atoms with Crippen LogP contribution in [0, 0.1) is 5.92 Å². The molecule has 1 aliphatic carbocycles. The lowest BCUT2D eigenvalue weighted by molar-refractivity contribution is 0.0745. The van der Waals surface area contributed by atoms with E-state index in [9.17, 15) is 0 Å². The van der Waals surface area contributed by atoms with Crippen molar-refractivity contribution in [2.45, 2.75) is 44.2 Å². The second-order valence-electron chi connectivity index (χ2n) is 5.57. The molecule has 3 fully saturated rings. The van der Waals surface area contributed by atoms with E-state index in [1.54, 1.807) is 0 Å². The fraction of sp³-hybridized carbons (Fsp3) is 1.00. The van der Waals surface area contributed by atoms with Crippen molar-refractivity contribution in [1.29, 1.82) is 0 Å². The maximum absolute atomic E-state index is 5.71. The summed E-state index contributed by atoms with van der Waals surface area (Å²) in [5, 5.41) is 3.54. The quantitative estimate of drug-likeness (QED) is 0.777. The van der Waals surface area contributed by atoms with Crippen molar-refractivity contribution in [3.8, 4) is 0 Å². The first-order valence-corrected chi connectivity index (χ1v) is 7.00. The molecule has 0 aromatic heterocycles. The van der Waals surface area contributed by atoms with E-state index in [0.29, 0.717) is 6.10 Å². The molecule has 2 unspecified atom stereocenters. The molecule has 3 rings (SSSR count). The van der Waals surface area contributed by atoms with Crippen molar-refractivity contribution >= 4 is 0 Å². The van der Waals surface area contributed by atoms with Gasteiger partial charge in [0.15, 0.2) is 0 Å². The van der Waals surface area contributed by atoms with Gasteiger partial charge in [0.1, 0.15) is 0 Å². The Bertz CT molecular complexity index is 224. The third kappa shape index (κ3) is 2.58. The monoisotopic (exact) mass is 224 g/mol. The number of hydrogen-bond acceptors (Lipinski definition) is 3. The molecule has 3 heteroatoms. The molecule has 3 nitrogen and oxygen atoms in total. The first kappa shape index (κ1) is 11.0. The SMILES string of the molecule is C1COC(CCN2CCNCC2C2CC2)C1. The van der Waals surface area contributed by atoms with Gasteiger partial charge in [0, 0.05) is 38.8 Å².